The molecule has 0 aliphatic carbocycles. The summed E-state index contributed by atoms with van der Waals surface area (Å²) in [4.78, 5) is 23.1. The van der Waals surface area contributed by atoms with Crippen molar-refractivity contribution < 1.29 is 19.1 Å². The number of carboxylic acids is 1. The van der Waals surface area contributed by atoms with Crippen LogP contribution in [0.5, 0.6) is 0 Å². The van der Waals surface area contributed by atoms with Gasteiger partial charge in [-0.05, 0) is 23.8 Å². The Labute approximate surface area is 126 Å². The molecule has 0 spiro atoms. The summed E-state index contributed by atoms with van der Waals surface area (Å²) < 4.78 is 5.33. The highest BCUT2D eigenvalue weighted by atomic mass is 16.4. The van der Waals surface area contributed by atoms with E-state index in [1.807, 2.05) is 18.2 Å². The van der Waals surface area contributed by atoms with Gasteiger partial charge in [0.15, 0.2) is 0 Å². The zero-order chi connectivity index (χ0) is 15.5. The van der Waals surface area contributed by atoms with Crippen molar-refractivity contribution in [2.24, 2.45) is 0 Å². The molecule has 2 N–H and O–H groups in total. The molecule has 2 aromatic carbocycles. The number of benzene rings is 2. The molecule has 110 valence electrons. The maximum absolute atomic E-state index is 12.2. The Balaban J connectivity index is 1.75. The van der Waals surface area contributed by atoms with Crippen LogP contribution in [0.25, 0.3) is 11.0 Å². The number of carbonyl (C=O) groups excluding carboxylic acids is 1. The van der Waals surface area contributed by atoms with Crippen LogP contribution in [0.1, 0.15) is 26.3 Å². The molecule has 0 bridgehead atoms. The second kappa shape index (κ2) is 5.73. The zero-order valence-electron chi connectivity index (χ0n) is 11.6. The third-order valence-electron chi connectivity index (χ3n) is 3.35. The topological polar surface area (TPSA) is 79.5 Å². The van der Waals surface area contributed by atoms with Gasteiger partial charge in [0.05, 0.1) is 11.1 Å². The van der Waals surface area contributed by atoms with E-state index < -0.39 is 5.97 Å². The first-order valence-electron chi connectivity index (χ1n) is 6.72. The number of furan rings is 1. The number of hydrogen-bond donors (Lipinski definition) is 2. The molecule has 0 aliphatic heterocycles. The lowest BCUT2D eigenvalue weighted by atomic mass is 10.1. The van der Waals surface area contributed by atoms with Gasteiger partial charge in [-0.1, -0.05) is 30.3 Å². The van der Waals surface area contributed by atoms with Crippen molar-refractivity contribution in [1.29, 1.82) is 0 Å². The van der Waals surface area contributed by atoms with E-state index in [1.54, 1.807) is 18.2 Å². The van der Waals surface area contributed by atoms with E-state index in [9.17, 15) is 9.59 Å². The minimum atomic E-state index is -0.992. The third kappa shape index (κ3) is 2.69. The number of carboxylic acid groups (broad SMARTS) is 1. The van der Waals surface area contributed by atoms with Crippen LogP contribution in [0.3, 0.4) is 0 Å². The Morgan fingerprint density at radius 3 is 2.73 bits per heavy atom. The van der Waals surface area contributed by atoms with Gasteiger partial charge < -0.3 is 14.8 Å². The van der Waals surface area contributed by atoms with Crippen molar-refractivity contribution in [1.82, 2.24) is 5.32 Å². The van der Waals surface area contributed by atoms with Crippen LogP contribution in [0.15, 0.2) is 59.2 Å². The Morgan fingerprint density at radius 1 is 1.09 bits per heavy atom. The molecule has 0 atom stereocenters. The highest BCUT2D eigenvalue weighted by Crippen LogP contribution is 2.20. The molecular formula is C17H13NO4. The summed E-state index contributed by atoms with van der Waals surface area (Å²) in [5.74, 6) is -1.25. The second-order valence-corrected chi connectivity index (χ2v) is 4.83. The van der Waals surface area contributed by atoms with Crippen LogP contribution in [-0.2, 0) is 6.54 Å². The molecule has 22 heavy (non-hydrogen) atoms. The summed E-state index contributed by atoms with van der Waals surface area (Å²) in [5.41, 5.74) is 2.03. The highest BCUT2D eigenvalue weighted by molar-refractivity contribution is 6.05. The van der Waals surface area contributed by atoms with E-state index in [0.717, 1.165) is 10.9 Å². The summed E-state index contributed by atoms with van der Waals surface area (Å²) in [6.07, 6.45) is 1.42. The van der Waals surface area contributed by atoms with Gasteiger partial charge in [-0.15, -0.1) is 0 Å². The van der Waals surface area contributed by atoms with Crippen molar-refractivity contribution in [3.63, 3.8) is 0 Å². The lowest BCUT2D eigenvalue weighted by Gasteiger charge is -2.05. The van der Waals surface area contributed by atoms with Gasteiger partial charge in [0.2, 0.25) is 0 Å². The third-order valence-corrected chi connectivity index (χ3v) is 3.35. The standard InChI is InChI=1S/C17H13NO4/c19-16(14-10-22-15-7-2-1-6-13(14)15)18-9-11-4-3-5-12(8-11)17(20)21/h1-8,10H,9H2,(H,18,19)(H,20,21). The Bertz CT molecular complexity index is 850. The number of hydrogen-bond acceptors (Lipinski definition) is 3. The van der Waals surface area contributed by atoms with Crippen LogP contribution in [0.2, 0.25) is 0 Å². The van der Waals surface area contributed by atoms with E-state index in [-0.39, 0.29) is 18.0 Å². The quantitative estimate of drug-likeness (QED) is 0.775. The van der Waals surface area contributed by atoms with Crippen LogP contribution < -0.4 is 5.32 Å². The number of nitrogens with one attached hydrogen (secondary N) is 1. The molecule has 1 aromatic heterocycles. The Morgan fingerprint density at radius 2 is 1.91 bits per heavy atom. The number of fused-ring (bicyclic) bond motifs is 1. The molecule has 1 heterocycles. The molecule has 0 fully saturated rings. The molecule has 0 radical (unpaired) electrons. The predicted molar refractivity (Wildman–Crippen MR) is 80.8 cm³/mol. The van der Waals surface area contributed by atoms with E-state index in [0.29, 0.717) is 11.1 Å². The minimum Gasteiger partial charge on any atom is -0.478 e. The lowest BCUT2D eigenvalue weighted by Crippen LogP contribution is -2.22. The highest BCUT2D eigenvalue weighted by Gasteiger charge is 2.13. The molecule has 0 saturated carbocycles. The smallest absolute Gasteiger partial charge is 0.335 e. The summed E-state index contributed by atoms with van der Waals surface area (Å²) >= 11 is 0. The first kappa shape index (κ1) is 13.9. The number of amides is 1. The van der Waals surface area contributed by atoms with E-state index in [4.69, 9.17) is 9.52 Å². The zero-order valence-corrected chi connectivity index (χ0v) is 11.6. The fraction of sp³-hybridized carbons (Fsp3) is 0.0588. The van der Waals surface area contributed by atoms with Crippen molar-refractivity contribution >= 4 is 22.8 Å². The van der Waals surface area contributed by atoms with Crippen LogP contribution in [0, 0.1) is 0 Å². The molecule has 1 amide bonds. The Kier molecular flexibility index (Phi) is 3.62. The van der Waals surface area contributed by atoms with E-state index in [2.05, 4.69) is 5.32 Å². The van der Waals surface area contributed by atoms with Gasteiger partial charge >= 0.3 is 5.97 Å². The van der Waals surface area contributed by atoms with Gasteiger partial charge in [-0.2, -0.15) is 0 Å². The lowest BCUT2D eigenvalue weighted by molar-refractivity contribution is 0.0696. The van der Waals surface area contributed by atoms with Crippen molar-refractivity contribution in [3.05, 3.63) is 71.5 Å². The van der Waals surface area contributed by atoms with Gasteiger partial charge in [0.25, 0.3) is 5.91 Å². The number of rotatable bonds is 4. The molecule has 0 aliphatic rings. The predicted octanol–water partition coefficient (Wildman–Crippen LogP) is 3.06. The number of carbonyl (C=O) groups is 2. The average molecular weight is 295 g/mol. The second-order valence-electron chi connectivity index (χ2n) is 4.83. The molecule has 0 unspecified atom stereocenters. The maximum atomic E-state index is 12.2. The summed E-state index contributed by atoms with van der Waals surface area (Å²) in [6.45, 7) is 0.249. The first-order valence-corrected chi connectivity index (χ1v) is 6.72. The number of aromatic carboxylic acids is 1. The first-order chi connectivity index (χ1) is 10.6. The minimum absolute atomic E-state index is 0.195. The summed E-state index contributed by atoms with van der Waals surface area (Å²) in [7, 11) is 0. The maximum Gasteiger partial charge on any atom is 0.335 e. The fourth-order valence-electron chi connectivity index (χ4n) is 2.25. The van der Waals surface area contributed by atoms with Gasteiger partial charge in [-0.25, -0.2) is 4.79 Å². The summed E-state index contributed by atoms with van der Waals surface area (Å²) in [6, 6.07) is 13.8. The molecule has 5 heteroatoms. The van der Waals surface area contributed by atoms with Crippen molar-refractivity contribution in [2.45, 2.75) is 6.54 Å². The van der Waals surface area contributed by atoms with E-state index >= 15 is 0 Å². The van der Waals surface area contributed by atoms with Crippen LogP contribution in [-0.4, -0.2) is 17.0 Å². The van der Waals surface area contributed by atoms with Gasteiger partial charge in [-0.3, -0.25) is 4.79 Å². The average Bonchev–Trinajstić information content (AvgIpc) is 2.97. The molecule has 5 nitrogen and oxygen atoms in total. The molecular weight excluding hydrogens is 282 g/mol. The number of para-hydroxylation sites is 1. The normalized spacial score (nSPS) is 10.5. The fourth-order valence-corrected chi connectivity index (χ4v) is 2.25. The SMILES string of the molecule is O=C(O)c1cccc(CNC(=O)c2coc3ccccc23)c1. The molecule has 3 aromatic rings. The molecule has 3 rings (SSSR count). The molecule has 0 saturated heterocycles. The van der Waals surface area contributed by atoms with Crippen LogP contribution >= 0.6 is 0 Å². The van der Waals surface area contributed by atoms with Gasteiger partial charge in [0.1, 0.15) is 11.8 Å². The van der Waals surface area contributed by atoms with Crippen molar-refractivity contribution in [2.75, 3.05) is 0 Å². The van der Waals surface area contributed by atoms with E-state index in [1.165, 1.54) is 18.4 Å². The largest absolute Gasteiger partial charge is 0.478 e. The van der Waals surface area contributed by atoms with Crippen molar-refractivity contribution in [3.8, 4) is 0 Å². The summed E-state index contributed by atoms with van der Waals surface area (Å²) in [5, 5.41) is 12.5. The Hall–Kier alpha value is -3.08. The monoisotopic (exact) mass is 295 g/mol. The van der Waals surface area contributed by atoms with Crippen LogP contribution in [0.4, 0.5) is 0 Å². The van der Waals surface area contributed by atoms with Gasteiger partial charge in [0, 0.05) is 11.9 Å².